The van der Waals surface area contributed by atoms with Crippen molar-refractivity contribution in [2.75, 3.05) is 4.90 Å². The normalized spacial score (nSPS) is 26.3. The smallest absolute Gasteiger partial charge is 0.260 e. The number of fused-ring (bicyclic) bond motifs is 1. The second kappa shape index (κ2) is 6.38. The van der Waals surface area contributed by atoms with E-state index in [0.29, 0.717) is 24.2 Å². The number of halogens is 2. The minimum absolute atomic E-state index is 0.0400. The lowest BCUT2D eigenvalue weighted by molar-refractivity contribution is -0.131. The number of nitrogens with zero attached hydrogens (tertiary/aromatic N) is 1. The van der Waals surface area contributed by atoms with Gasteiger partial charge in [0.25, 0.3) is 5.91 Å². The summed E-state index contributed by atoms with van der Waals surface area (Å²) in [5.41, 5.74) is -0.262. The first-order valence-corrected chi connectivity index (χ1v) is 9.53. The summed E-state index contributed by atoms with van der Waals surface area (Å²) in [4.78, 5) is 26.7. The van der Waals surface area contributed by atoms with Crippen molar-refractivity contribution in [3.8, 4) is 5.75 Å². The quantitative estimate of drug-likeness (QED) is 0.711. The van der Waals surface area contributed by atoms with Gasteiger partial charge in [0.1, 0.15) is 11.6 Å². The monoisotopic (exact) mass is 377 g/mol. The molecule has 6 heteroatoms. The van der Waals surface area contributed by atoms with Crippen LogP contribution < -0.4 is 9.64 Å². The SMILES string of the molecule is CC12C=C(CCC1)C(=O)N(c1cc(OC3CCCC3)c(Cl)cc1F)C2=O. The van der Waals surface area contributed by atoms with Crippen molar-refractivity contribution < 1.29 is 18.7 Å². The van der Waals surface area contributed by atoms with Gasteiger partial charge >= 0.3 is 0 Å². The summed E-state index contributed by atoms with van der Waals surface area (Å²) >= 11 is 6.15. The van der Waals surface area contributed by atoms with Gasteiger partial charge in [-0.05, 0) is 57.9 Å². The van der Waals surface area contributed by atoms with Gasteiger partial charge in [0.05, 0.1) is 22.2 Å². The Balaban J connectivity index is 1.73. The van der Waals surface area contributed by atoms with E-state index in [9.17, 15) is 14.0 Å². The molecular weight excluding hydrogens is 357 g/mol. The van der Waals surface area contributed by atoms with Crippen molar-refractivity contribution in [2.24, 2.45) is 5.41 Å². The maximum Gasteiger partial charge on any atom is 0.260 e. The van der Waals surface area contributed by atoms with E-state index in [1.54, 1.807) is 13.0 Å². The minimum Gasteiger partial charge on any atom is -0.489 e. The Hall–Kier alpha value is -1.88. The molecule has 1 heterocycles. The summed E-state index contributed by atoms with van der Waals surface area (Å²) in [6, 6.07) is 2.53. The van der Waals surface area contributed by atoms with Crippen LogP contribution in [0.1, 0.15) is 51.9 Å². The lowest BCUT2D eigenvalue weighted by Crippen LogP contribution is -2.51. The molecule has 0 aromatic heterocycles. The van der Waals surface area contributed by atoms with Gasteiger partial charge in [-0.1, -0.05) is 17.7 Å². The van der Waals surface area contributed by atoms with E-state index in [1.807, 2.05) is 0 Å². The third kappa shape index (κ3) is 2.82. The standard InChI is InChI=1S/C20H21ClFNO3/c1-20-8-4-5-12(11-20)18(24)23(19(20)25)16-10-17(14(21)9-15(16)22)26-13-6-2-3-7-13/h9-11,13H,2-8H2,1H3. The number of carbonyl (C=O) groups is 2. The molecule has 1 fully saturated rings. The molecular formula is C20H21ClFNO3. The fourth-order valence-corrected chi connectivity index (χ4v) is 4.38. The molecule has 138 valence electrons. The topological polar surface area (TPSA) is 46.6 Å². The molecule has 1 aromatic carbocycles. The van der Waals surface area contributed by atoms with Gasteiger partial charge in [0.2, 0.25) is 5.91 Å². The zero-order chi connectivity index (χ0) is 18.5. The van der Waals surface area contributed by atoms with Crippen LogP contribution in [0.5, 0.6) is 5.75 Å². The lowest BCUT2D eigenvalue weighted by atomic mass is 9.74. The molecule has 0 radical (unpaired) electrons. The second-order valence-corrected chi connectivity index (χ2v) is 8.05. The Morgan fingerprint density at radius 1 is 1.23 bits per heavy atom. The molecule has 4 nitrogen and oxygen atoms in total. The first-order valence-electron chi connectivity index (χ1n) is 9.15. The molecule has 0 spiro atoms. The molecule has 2 aliphatic carbocycles. The van der Waals surface area contributed by atoms with Gasteiger partial charge in [0, 0.05) is 11.6 Å². The number of ether oxygens (including phenoxy) is 1. The van der Waals surface area contributed by atoms with E-state index in [1.165, 1.54) is 6.07 Å². The van der Waals surface area contributed by atoms with Crippen LogP contribution in [0.2, 0.25) is 5.02 Å². The first-order chi connectivity index (χ1) is 12.4. The second-order valence-electron chi connectivity index (χ2n) is 7.64. The van der Waals surface area contributed by atoms with Gasteiger partial charge in [-0.15, -0.1) is 0 Å². The van der Waals surface area contributed by atoms with E-state index >= 15 is 0 Å². The lowest BCUT2D eigenvalue weighted by Gasteiger charge is -2.39. The van der Waals surface area contributed by atoms with Crippen molar-refractivity contribution >= 4 is 29.1 Å². The van der Waals surface area contributed by atoms with Crippen molar-refractivity contribution in [3.63, 3.8) is 0 Å². The predicted molar refractivity (Wildman–Crippen MR) is 96.8 cm³/mol. The van der Waals surface area contributed by atoms with Gasteiger partial charge in [0.15, 0.2) is 0 Å². The van der Waals surface area contributed by atoms with Gasteiger partial charge in [-0.2, -0.15) is 0 Å². The van der Waals surface area contributed by atoms with Crippen molar-refractivity contribution in [3.05, 3.63) is 34.6 Å². The predicted octanol–water partition coefficient (Wildman–Crippen LogP) is 4.79. The van der Waals surface area contributed by atoms with E-state index < -0.39 is 17.1 Å². The number of carbonyl (C=O) groups excluding carboxylic acids is 2. The number of imide groups is 1. The highest BCUT2D eigenvalue weighted by Gasteiger charge is 2.46. The van der Waals surface area contributed by atoms with Crippen LogP contribution in [0, 0.1) is 11.2 Å². The number of amides is 2. The van der Waals surface area contributed by atoms with Crippen molar-refractivity contribution in [2.45, 2.75) is 58.0 Å². The molecule has 2 bridgehead atoms. The molecule has 3 aliphatic rings. The van der Waals surface area contributed by atoms with E-state index in [4.69, 9.17) is 16.3 Å². The Kier molecular flexibility index (Phi) is 4.30. The molecule has 1 aromatic rings. The molecule has 1 saturated carbocycles. The fraction of sp³-hybridized carbons (Fsp3) is 0.500. The average Bonchev–Trinajstić information content (AvgIpc) is 3.11. The zero-order valence-electron chi connectivity index (χ0n) is 14.7. The molecule has 0 N–H and O–H groups in total. The van der Waals surface area contributed by atoms with Crippen LogP contribution in [0.4, 0.5) is 10.1 Å². The van der Waals surface area contributed by atoms with E-state index in [0.717, 1.165) is 43.1 Å². The van der Waals surface area contributed by atoms with Crippen molar-refractivity contribution in [1.29, 1.82) is 0 Å². The summed E-state index contributed by atoms with van der Waals surface area (Å²) in [6.45, 7) is 1.80. The van der Waals surface area contributed by atoms with Crippen LogP contribution in [0.15, 0.2) is 23.8 Å². The Bertz CT molecular complexity index is 816. The summed E-state index contributed by atoms with van der Waals surface area (Å²) in [6.07, 6.45) is 7.87. The molecule has 1 unspecified atom stereocenters. The van der Waals surface area contributed by atoms with Crippen LogP contribution in [0.25, 0.3) is 0 Å². The van der Waals surface area contributed by atoms with Crippen molar-refractivity contribution in [1.82, 2.24) is 0 Å². The molecule has 26 heavy (non-hydrogen) atoms. The zero-order valence-corrected chi connectivity index (χ0v) is 15.4. The average molecular weight is 378 g/mol. The first kappa shape index (κ1) is 17.5. The number of hydrogen-bond donors (Lipinski definition) is 0. The highest BCUT2D eigenvalue weighted by atomic mass is 35.5. The number of benzene rings is 1. The Labute approximate surface area is 156 Å². The number of rotatable bonds is 3. The number of anilines is 1. The highest BCUT2D eigenvalue weighted by molar-refractivity contribution is 6.32. The van der Waals surface area contributed by atoms with E-state index in [-0.39, 0.29) is 22.7 Å². The minimum atomic E-state index is -0.764. The Morgan fingerprint density at radius 2 is 1.96 bits per heavy atom. The summed E-state index contributed by atoms with van der Waals surface area (Å²) < 4.78 is 20.6. The largest absolute Gasteiger partial charge is 0.489 e. The van der Waals surface area contributed by atoms with Crippen LogP contribution in [-0.2, 0) is 9.59 Å². The number of hydrogen-bond acceptors (Lipinski definition) is 3. The molecule has 4 rings (SSSR count). The maximum atomic E-state index is 14.7. The third-order valence-corrected chi connectivity index (χ3v) is 5.94. The highest BCUT2D eigenvalue weighted by Crippen LogP contribution is 2.44. The molecule has 0 saturated heterocycles. The van der Waals surface area contributed by atoms with Gasteiger partial charge in [-0.25, -0.2) is 9.29 Å². The van der Waals surface area contributed by atoms with Crippen LogP contribution >= 0.6 is 11.6 Å². The molecule has 1 atom stereocenters. The molecule has 2 amide bonds. The van der Waals surface area contributed by atoms with E-state index in [2.05, 4.69) is 0 Å². The fourth-order valence-electron chi connectivity index (χ4n) is 4.19. The third-order valence-electron chi connectivity index (χ3n) is 5.64. The summed E-state index contributed by atoms with van der Waals surface area (Å²) in [7, 11) is 0. The summed E-state index contributed by atoms with van der Waals surface area (Å²) in [5, 5.41) is 0.153. The maximum absolute atomic E-state index is 14.7. The van der Waals surface area contributed by atoms with Crippen LogP contribution in [-0.4, -0.2) is 17.9 Å². The van der Waals surface area contributed by atoms with Crippen LogP contribution in [0.3, 0.4) is 0 Å². The van der Waals surface area contributed by atoms with Gasteiger partial charge in [-0.3, -0.25) is 9.59 Å². The Morgan fingerprint density at radius 3 is 2.69 bits per heavy atom. The van der Waals surface area contributed by atoms with Gasteiger partial charge < -0.3 is 4.74 Å². The summed E-state index contributed by atoms with van der Waals surface area (Å²) in [5.74, 6) is -1.20. The molecule has 1 aliphatic heterocycles.